The lowest BCUT2D eigenvalue weighted by Crippen LogP contribution is -2.34. The van der Waals surface area contributed by atoms with E-state index in [-0.39, 0.29) is 5.91 Å². The summed E-state index contributed by atoms with van der Waals surface area (Å²) >= 11 is 0. The topological polar surface area (TPSA) is 92.9 Å². The first-order valence-corrected chi connectivity index (χ1v) is 9.44. The lowest BCUT2D eigenvalue weighted by Gasteiger charge is -2.24. The van der Waals surface area contributed by atoms with E-state index in [4.69, 9.17) is 5.26 Å². The molecule has 0 saturated carbocycles. The van der Waals surface area contributed by atoms with E-state index in [1.165, 1.54) is 11.1 Å². The van der Waals surface area contributed by atoms with Crippen molar-refractivity contribution in [1.29, 1.82) is 5.26 Å². The van der Waals surface area contributed by atoms with E-state index in [0.29, 0.717) is 38.4 Å². The number of hydrazone groups is 1. The third-order valence-electron chi connectivity index (χ3n) is 4.36. The molecule has 1 aliphatic heterocycles. The summed E-state index contributed by atoms with van der Waals surface area (Å²) in [6.45, 7) is 7.98. The molecule has 0 aromatic heterocycles. The number of benzene rings is 1. The maximum atomic E-state index is 12.2. The zero-order valence-corrected chi connectivity index (χ0v) is 16.4. The van der Waals surface area contributed by atoms with Gasteiger partial charge in [-0.05, 0) is 39.2 Å². The van der Waals surface area contributed by atoms with Gasteiger partial charge in [-0.15, -0.1) is 0 Å². The van der Waals surface area contributed by atoms with Crippen LogP contribution in [0.25, 0.3) is 0 Å². The molecule has 1 aliphatic rings. The molecule has 0 fully saturated rings. The summed E-state index contributed by atoms with van der Waals surface area (Å²) in [6.07, 6.45) is 4.69. The standard InChI is InChI=1S/C20H28N6O/c1-4-22-20(24-14-21)23-11-5-6-12-26-19(27)10-9-18(25-26)17-8-7-15(2)13-16(17)3/h7-8,13H,4-6,9-12H2,1-3H3,(H2,22,23,24). The first kappa shape index (κ1) is 20.4. The number of amides is 1. The predicted molar refractivity (Wildman–Crippen MR) is 107 cm³/mol. The Morgan fingerprint density at radius 2 is 2.15 bits per heavy atom. The van der Waals surface area contributed by atoms with Gasteiger partial charge in [-0.1, -0.05) is 23.8 Å². The number of hydrogen-bond acceptors (Lipinski definition) is 4. The summed E-state index contributed by atoms with van der Waals surface area (Å²) in [5.74, 6) is 0.565. The number of rotatable bonds is 7. The van der Waals surface area contributed by atoms with Crippen LogP contribution in [0.3, 0.4) is 0 Å². The smallest absolute Gasteiger partial charge is 0.243 e. The summed E-state index contributed by atoms with van der Waals surface area (Å²) in [5.41, 5.74) is 4.53. The molecule has 2 N–H and O–H groups in total. The number of nitrogens with one attached hydrogen (secondary N) is 2. The Morgan fingerprint density at radius 3 is 2.85 bits per heavy atom. The molecule has 27 heavy (non-hydrogen) atoms. The Balaban J connectivity index is 1.92. The molecule has 0 unspecified atom stereocenters. The van der Waals surface area contributed by atoms with E-state index in [1.54, 1.807) is 5.01 Å². The Morgan fingerprint density at radius 1 is 1.33 bits per heavy atom. The molecule has 0 radical (unpaired) electrons. The summed E-state index contributed by atoms with van der Waals surface area (Å²) < 4.78 is 0. The maximum Gasteiger partial charge on any atom is 0.243 e. The summed E-state index contributed by atoms with van der Waals surface area (Å²) in [6, 6.07) is 6.32. The van der Waals surface area contributed by atoms with Gasteiger partial charge in [0, 0.05) is 38.0 Å². The third-order valence-corrected chi connectivity index (χ3v) is 4.36. The van der Waals surface area contributed by atoms with Crippen molar-refractivity contribution in [3.8, 4) is 6.19 Å². The van der Waals surface area contributed by atoms with Gasteiger partial charge in [0.2, 0.25) is 11.9 Å². The summed E-state index contributed by atoms with van der Waals surface area (Å²) in [5, 5.41) is 20.4. The number of carbonyl (C=O) groups is 1. The lowest BCUT2D eigenvalue weighted by atomic mass is 9.98. The van der Waals surface area contributed by atoms with Gasteiger partial charge in [0.05, 0.1) is 5.71 Å². The highest BCUT2D eigenvalue weighted by molar-refractivity contribution is 6.05. The van der Waals surface area contributed by atoms with Crippen LogP contribution in [-0.2, 0) is 4.79 Å². The van der Waals surface area contributed by atoms with Crippen LogP contribution in [0.4, 0.5) is 0 Å². The number of guanidine groups is 1. The fourth-order valence-electron chi connectivity index (χ4n) is 3.03. The van der Waals surface area contributed by atoms with Crippen molar-refractivity contribution in [2.75, 3.05) is 19.6 Å². The molecule has 7 heteroatoms. The highest BCUT2D eigenvalue weighted by Gasteiger charge is 2.21. The average molecular weight is 368 g/mol. The first-order valence-electron chi connectivity index (χ1n) is 9.44. The molecule has 2 rings (SSSR count). The first-order chi connectivity index (χ1) is 13.0. The second-order valence-electron chi connectivity index (χ2n) is 6.59. The van der Waals surface area contributed by atoms with Gasteiger partial charge >= 0.3 is 0 Å². The molecule has 0 spiro atoms. The zero-order chi connectivity index (χ0) is 19.6. The van der Waals surface area contributed by atoms with Crippen molar-refractivity contribution in [3.63, 3.8) is 0 Å². The summed E-state index contributed by atoms with van der Waals surface area (Å²) in [7, 11) is 0. The van der Waals surface area contributed by atoms with Crippen molar-refractivity contribution < 1.29 is 4.79 Å². The molecule has 0 bridgehead atoms. The molecule has 7 nitrogen and oxygen atoms in total. The monoisotopic (exact) mass is 368 g/mol. The minimum atomic E-state index is 0.0755. The Labute approximate surface area is 161 Å². The van der Waals surface area contributed by atoms with Crippen molar-refractivity contribution in [3.05, 3.63) is 34.9 Å². The van der Waals surface area contributed by atoms with Crippen molar-refractivity contribution in [1.82, 2.24) is 15.6 Å². The minimum Gasteiger partial charge on any atom is -0.356 e. The van der Waals surface area contributed by atoms with Crippen LogP contribution in [0.15, 0.2) is 28.3 Å². The van der Waals surface area contributed by atoms with Crippen LogP contribution >= 0.6 is 0 Å². The minimum absolute atomic E-state index is 0.0755. The number of unbranched alkanes of at least 4 members (excludes halogenated alkanes) is 1. The van der Waals surface area contributed by atoms with Crippen LogP contribution < -0.4 is 10.6 Å². The Bertz CT molecular complexity index is 762. The van der Waals surface area contributed by atoms with Gasteiger partial charge in [0.15, 0.2) is 6.19 Å². The molecular weight excluding hydrogens is 340 g/mol. The summed E-state index contributed by atoms with van der Waals surface area (Å²) in [4.78, 5) is 16.5. The van der Waals surface area contributed by atoms with Gasteiger partial charge in [-0.3, -0.25) is 15.1 Å². The Kier molecular flexibility index (Phi) is 7.80. The van der Waals surface area contributed by atoms with Crippen molar-refractivity contribution in [2.24, 2.45) is 10.1 Å². The number of aryl methyl sites for hydroxylation is 2. The molecule has 1 amide bonds. The van der Waals surface area contributed by atoms with Gasteiger partial charge in [-0.25, -0.2) is 5.01 Å². The van der Waals surface area contributed by atoms with Gasteiger partial charge in [0.1, 0.15) is 0 Å². The van der Waals surface area contributed by atoms with Gasteiger partial charge in [0.25, 0.3) is 0 Å². The van der Waals surface area contributed by atoms with Gasteiger partial charge < -0.3 is 5.32 Å². The number of carbonyl (C=O) groups excluding carboxylic acids is 1. The average Bonchev–Trinajstić information content (AvgIpc) is 2.63. The van der Waals surface area contributed by atoms with Crippen molar-refractivity contribution in [2.45, 2.75) is 46.5 Å². The molecule has 144 valence electrons. The highest BCUT2D eigenvalue weighted by Crippen LogP contribution is 2.19. The molecule has 0 saturated heterocycles. The van der Waals surface area contributed by atoms with Crippen LogP contribution in [0.1, 0.15) is 49.3 Å². The van der Waals surface area contributed by atoms with Crippen LogP contribution in [0.2, 0.25) is 0 Å². The second-order valence-corrected chi connectivity index (χ2v) is 6.59. The Hall–Kier alpha value is -2.88. The predicted octanol–water partition coefficient (Wildman–Crippen LogP) is 2.45. The molecule has 1 heterocycles. The zero-order valence-electron chi connectivity index (χ0n) is 16.4. The molecule has 0 atom stereocenters. The SMILES string of the molecule is CCNC(=NCCCCN1N=C(c2ccc(C)cc2C)CCC1=O)NC#N. The van der Waals surface area contributed by atoms with E-state index in [2.05, 4.69) is 52.8 Å². The van der Waals surface area contributed by atoms with E-state index in [0.717, 1.165) is 24.1 Å². The van der Waals surface area contributed by atoms with Crippen LogP contribution in [0.5, 0.6) is 0 Å². The largest absolute Gasteiger partial charge is 0.356 e. The normalized spacial score (nSPS) is 14.6. The van der Waals surface area contributed by atoms with Gasteiger partial charge in [-0.2, -0.15) is 10.4 Å². The number of nitriles is 1. The third kappa shape index (κ3) is 6.10. The highest BCUT2D eigenvalue weighted by atomic mass is 16.2. The number of nitrogens with zero attached hydrogens (tertiary/aromatic N) is 4. The molecule has 0 aliphatic carbocycles. The fourth-order valence-corrected chi connectivity index (χ4v) is 3.03. The quantitative estimate of drug-likeness (QED) is 0.254. The number of hydrogen-bond donors (Lipinski definition) is 2. The molecule has 1 aromatic rings. The second kappa shape index (κ2) is 10.3. The maximum absolute atomic E-state index is 12.2. The fraction of sp³-hybridized carbons (Fsp3) is 0.500. The lowest BCUT2D eigenvalue weighted by molar-refractivity contribution is -0.131. The van der Waals surface area contributed by atoms with E-state index < -0.39 is 0 Å². The van der Waals surface area contributed by atoms with Crippen LogP contribution in [0, 0.1) is 25.3 Å². The van der Waals surface area contributed by atoms with E-state index >= 15 is 0 Å². The van der Waals surface area contributed by atoms with Crippen molar-refractivity contribution >= 4 is 17.6 Å². The molecule has 1 aromatic carbocycles. The molecular formula is C20H28N6O. The van der Waals surface area contributed by atoms with Crippen LogP contribution in [-0.4, -0.2) is 42.2 Å². The van der Waals surface area contributed by atoms with E-state index in [1.807, 2.05) is 13.1 Å². The van der Waals surface area contributed by atoms with E-state index in [9.17, 15) is 4.79 Å². The number of aliphatic imine (C=N–C) groups is 1.